The van der Waals surface area contributed by atoms with Gasteiger partial charge < -0.3 is 5.11 Å². The molecular formula is C12H14ClF3O. The lowest BCUT2D eigenvalue weighted by molar-refractivity contribution is -0.136. The summed E-state index contributed by atoms with van der Waals surface area (Å²) in [4.78, 5) is 0. The maximum Gasteiger partial charge on any atom is 0.389 e. The van der Waals surface area contributed by atoms with Gasteiger partial charge in [-0.25, -0.2) is 0 Å². The fourth-order valence-corrected chi connectivity index (χ4v) is 1.83. The van der Waals surface area contributed by atoms with Crippen LogP contribution in [-0.4, -0.2) is 11.3 Å². The lowest BCUT2D eigenvalue weighted by Gasteiger charge is -2.14. The fraction of sp³-hybridized carbons (Fsp3) is 0.500. The van der Waals surface area contributed by atoms with Crippen LogP contribution in [0.15, 0.2) is 18.2 Å². The van der Waals surface area contributed by atoms with E-state index in [1.807, 2.05) is 0 Å². The van der Waals surface area contributed by atoms with Crippen LogP contribution in [0.4, 0.5) is 13.2 Å². The Labute approximate surface area is 103 Å². The molecule has 1 nitrogen and oxygen atoms in total. The number of aliphatic hydroxyl groups excluding tert-OH is 1. The predicted octanol–water partition coefficient (Wildman–Crippen LogP) is 4.41. The van der Waals surface area contributed by atoms with Crippen molar-refractivity contribution in [3.8, 4) is 0 Å². The predicted molar refractivity (Wildman–Crippen MR) is 61.1 cm³/mol. The molecule has 1 unspecified atom stereocenters. The Morgan fingerprint density at radius 1 is 1.35 bits per heavy atom. The minimum Gasteiger partial charge on any atom is -0.388 e. The van der Waals surface area contributed by atoms with Gasteiger partial charge >= 0.3 is 6.18 Å². The van der Waals surface area contributed by atoms with Crippen molar-refractivity contribution in [1.29, 1.82) is 0 Å². The van der Waals surface area contributed by atoms with Crippen molar-refractivity contribution in [2.24, 2.45) is 0 Å². The number of halogens is 4. The van der Waals surface area contributed by atoms with E-state index in [4.69, 9.17) is 11.6 Å². The number of benzene rings is 1. The summed E-state index contributed by atoms with van der Waals surface area (Å²) in [6.45, 7) is 1.79. The second kappa shape index (κ2) is 5.74. The van der Waals surface area contributed by atoms with Crippen molar-refractivity contribution in [1.82, 2.24) is 0 Å². The Morgan fingerprint density at radius 3 is 2.59 bits per heavy atom. The van der Waals surface area contributed by atoms with Crippen molar-refractivity contribution in [2.75, 3.05) is 0 Å². The van der Waals surface area contributed by atoms with Gasteiger partial charge in [0.15, 0.2) is 0 Å². The molecule has 0 fully saturated rings. The molecule has 17 heavy (non-hydrogen) atoms. The van der Waals surface area contributed by atoms with Crippen molar-refractivity contribution >= 4 is 11.6 Å². The van der Waals surface area contributed by atoms with Crippen LogP contribution in [0.5, 0.6) is 0 Å². The van der Waals surface area contributed by atoms with Gasteiger partial charge in [-0.1, -0.05) is 29.8 Å². The van der Waals surface area contributed by atoms with Crippen molar-refractivity contribution in [2.45, 2.75) is 38.5 Å². The maximum absolute atomic E-state index is 11.9. The van der Waals surface area contributed by atoms with Gasteiger partial charge in [-0.3, -0.25) is 0 Å². The molecule has 0 radical (unpaired) electrons. The summed E-state index contributed by atoms with van der Waals surface area (Å²) in [5, 5.41) is 10.2. The van der Waals surface area contributed by atoms with E-state index in [2.05, 4.69) is 0 Å². The van der Waals surface area contributed by atoms with E-state index in [0.29, 0.717) is 10.6 Å². The van der Waals surface area contributed by atoms with Crippen molar-refractivity contribution in [3.05, 3.63) is 34.3 Å². The number of hydrogen-bond donors (Lipinski definition) is 1. The SMILES string of the molecule is Cc1cccc(C(O)CCCC(F)(F)F)c1Cl. The molecule has 1 rings (SSSR count). The van der Waals surface area contributed by atoms with Crippen LogP contribution in [0.2, 0.25) is 5.02 Å². The zero-order chi connectivity index (χ0) is 13.1. The highest BCUT2D eigenvalue weighted by atomic mass is 35.5. The summed E-state index contributed by atoms with van der Waals surface area (Å²) in [6, 6.07) is 5.14. The van der Waals surface area contributed by atoms with Gasteiger partial charge in [0.1, 0.15) is 0 Å². The van der Waals surface area contributed by atoms with Gasteiger partial charge in [0.2, 0.25) is 0 Å². The molecule has 1 atom stereocenters. The topological polar surface area (TPSA) is 20.2 Å². The Bertz CT molecular complexity index is 377. The normalized spacial score (nSPS) is 13.8. The Kier molecular flexibility index (Phi) is 4.83. The minimum absolute atomic E-state index is 0.0582. The second-order valence-corrected chi connectivity index (χ2v) is 4.38. The summed E-state index contributed by atoms with van der Waals surface area (Å²) < 4.78 is 35.8. The smallest absolute Gasteiger partial charge is 0.388 e. The molecule has 1 aromatic carbocycles. The monoisotopic (exact) mass is 266 g/mol. The first-order valence-electron chi connectivity index (χ1n) is 5.31. The molecule has 0 saturated heterocycles. The summed E-state index contributed by atoms with van der Waals surface area (Å²) in [5.74, 6) is 0. The highest BCUT2D eigenvalue weighted by Gasteiger charge is 2.26. The summed E-state index contributed by atoms with van der Waals surface area (Å²) in [5.41, 5.74) is 1.30. The van der Waals surface area contributed by atoms with E-state index in [0.717, 1.165) is 5.56 Å². The number of hydrogen-bond acceptors (Lipinski definition) is 1. The molecule has 0 spiro atoms. The minimum atomic E-state index is -4.17. The van der Waals surface area contributed by atoms with Gasteiger partial charge in [-0.15, -0.1) is 0 Å². The molecule has 0 aliphatic carbocycles. The zero-order valence-electron chi connectivity index (χ0n) is 9.39. The molecule has 0 aromatic heterocycles. The Hall–Kier alpha value is -0.740. The highest BCUT2D eigenvalue weighted by Crippen LogP contribution is 2.30. The molecular weight excluding hydrogens is 253 g/mol. The number of rotatable bonds is 4. The molecule has 1 N–H and O–H groups in total. The first kappa shape index (κ1) is 14.3. The van der Waals surface area contributed by atoms with Crippen LogP contribution in [0.25, 0.3) is 0 Å². The fourth-order valence-electron chi connectivity index (χ4n) is 1.58. The van der Waals surface area contributed by atoms with Gasteiger partial charge in [0, 0.05) is 11.4 Å². The second-order valence-electron chi connectivity index (χ2n) is 4.00. The number of alkyl halides is 3. The highest BCUT2D eigenvalue weighted by molar-refractivity contribution is 6.32. The summed E-state index contributed by atoms with van der Waals surface area (Å²) in [6.07, 6.45) is -6.04. The lowest BCUT2D eigenvalue weighted by atomic mass is 10.0. The Morgan fingerprint density at radius 2 is 2.00 bits per heavy atom. The lowest BCUT2D eigenvalue weighted by Crippen LogP contribution is -2.08. The molecule has 0 aliphatic rings. The van der Waals surface area contributed by atoms with E-state index in [9.17, 15) is 18.3 Å². The number of aryl methyl sites for hydroxylation is 1. The van der Waals surface area contributed by atoms with Gasteiger partial charge in [0.05, 0.1) is 6.10 Å². The van der Waals surface area contributed by atoms with Crippen molar-refractivity contribution in [3.63, 3.8) is 0 Å². The van der Waals surface area contributed by atoms with E-state index in [1.165, 1.54) is 0 Å². The molecule has 0 amide bonds. The first-order valence-corrected chi connectivity index (χ1v) is 5.69. The molecule has 0 aliphatic heterocycles. The third-order valence-corrected chi connectivity index (χ3v) is 3.03. The zero-order valence-corrected chi connectivity index (χ0v) is 10.1. The van der Waals surface area contributed by atoms with E-state index < -0.39 is 18.7 Å². The van der Waals surface area contributed by atoms with Gasteiger partial charge in [-0.05, 0) is 30.9 Å². The Balaban J connectivity index is 2.58. The molecule has 0 bridgehead atoms. The molecule has 96 valence electrons. The van der Waals surface area contributed by atoms with Gasteiger partial charge in [-0.2, -0.15) is 13.2 Å². The van der Waals surface area contributed by atoms with Crippen LogP contribution < -0.4 is 0 Å². The largest absolute Gasteiger partial charge is 0.389 e. The average Bonchev–Trinajstić information content (AvgIpc) is 2.20. The summed E-state index contributed by atoms with van der Waals surface area (Å²) in [7, 11) is 0. The van der Waals surface area contributed by atoms with Crippen LogP contribution in [0.1, 0.15) is 36.5 Å². The van der Waals surface area contributed by atoms with E-state index >= 15 is 0 Å². The molecule has 0 saturated carbocycles. The molecule has 0 heterocycles. The van der Waals surface area contributed by atoms with Crippen LogP contribution in [0, 0.1) is 6.92 Å². The van der Waals surface area contributed by atoms with Crippen LogP contribution >= 0.6 is 11.6 Å². The van der Waals surface area contributed by atoms with Gasteiger partial charge in [0.25, 0.3) is 0 Å². The van der Waals surface area contributed by atoms with E-state index in [1.54, 1.807) is 25.1 Å². The standard InChI is InChI=1S/C12H14ClF3O/c1-8-4-2-5-9(11(8)13)10(17)6-3-7-12(14,15)16/h2,4-5,10,17H,3,6-7H2,1H3. The third-order valence-electron chi connectivity index (χ3n) is 2.52. The maximum atomic E-state index is 11.9. The van der Waals surface area contributed by atoms with E-state index in [-0.39, 0.29) is 12.8 Å². The number of aliphatic hydroxyl groups is 1. The van der Waals surface area contributed by atoms with Crippen molar-refractivity contribution < 1.29 is 18.3 Å². The summed E-state index contributed by atoms with van der Waals surface area (Å²) >= 11 is 5.97. The average molecular weight is 267 g/mol. The first-order chi connectivity index (χ1) is 7.81. The molecule has 1 aromatic rings. The quantitative estimate of drug-likeness (QED) is 0.856. The van der Waals surface area contributed by atoms with Crippen LogP contribution in [-0.2, 0) is 0 Å². The third kappa shape index (κ3) is 4.56. The molecule has 5 heteroatoms. The van der Waals surface area contributed by atoms with Crippen LogP contribution in [0.3, 0.4) is 0 Å².